The summed E-state index contributed by atoms with van der Waals surface area (Å²) in [5.74, 6) is 0.260. The maximum Gasteiger partial charge on any atom is 0.264 e. The summed E-state index contributed by atoms with van der Waals surface area (Å²) in [4.78, 5) is 19.6. The largest absolute Gasteiger partial charge is 0.453 e. The molecule has 0 aliphatic carbocycles. The molecule has 7 nitrogen and oxygen atoms in total. The minimum atomic E-state index is -2.60. The normalized spacial score (nSPS) is 18.8. The van der Waals surface area contributed by atoms with Gasteiger partial charge in [-0.25, -0.2) is 8.78 Å². The van der Waals surface area contributed by atoms with Gasteiger partial charge in [-0.05, 0) is 30.2 Å². The molecule has 1 N–H and O–H groups in total. The standard InChI is InChI=1S/C22H22F2N2O5/c1-12-15(4-3-5-16(12)21(23)24)17-6-7-18(20-19(17)30-11-31-20)22(28)26-9-13(25-29-2)8-14(26)10-27/h3-7,14,21,27H,8-11H2,1-2H3/b25-13-/t14-/m0/s1. The van der Waals surface area contributed by atoms with Gasteiger partial charge in [0.1, 0.15) is 7.11 Å². The summed E-state index contributed by atoms with van der Waals surface area (Å²) in [5, 5.41) is 13.6. The van der Waals surface area contributed by atoms with E-state index in [9.17, 15) is 18.7 Å². The molecule has 0 saturated carbocycles. The molecule has 9 heteroatoms. The van der Waals surface area contributed by atoms with Crippen molar-refractivity contribution in [3.63, 3.8) is 0 Å². The van der Waals surface area contributed by atoms with Crippen LogP contribution >= 0.6 is 0 Å². The topological polar surface area (TPSA) is 80.6 Å². The zero-order valence-corrected chi connectivity index (χ0v) is 17.1. The average molecular weight is 432 g/mol. The number of oxime groups is 1. The highest BCUT2D eigenvalue weighted by Crippen LogP contribution is 2.46. The molecule has 0 radical (unpaired) electrons. The molecule has 0 bridgehead atoms. The lowest BCUT2D eigenvalue weighted by Crippen LogP contribution is -2.38. The van der Waals surface area contributed by atoms with Gasteiger partial charge in [0, 0.05) is 17.5 Å². The lowest BCUT2D eigenvalue weighted by molar-refractivity contribution is 0.0675. The fourth-order valence-corrected chi connectivity index (χ4v) is 4.08. The summed E-state index contributed by atoms with van der Waals surface area (Å²) in [7, 11) is 1.42. The number of rotatable bonds is 5. The van der Waals surface area contributed by atoms with Crippen LogP contribution < -0.4 is 9.47 Å². The van der Waals surface area contributed by atoms with Crippen LogP contribution in [0.2, 0.25) is 0 Å². The molecule has 0 aromatic heterocycles. The van der Waals surface area contributed by atoms with Crippen LogP contribution in [0.1, 0.15) is 34.3 Å². The molecule has 2 aliphatic rings. The SMILES string of the molecule is CO/N=C1/C[C@@H](CO)N(C(=O)c2ccc(-c3cccc(C(F)F)c3C)c3c2OCO3)C1. The zero-order chi connectivity index (χ0) is 22.1. The van der Waals surface area contributed by atoms with Crippen LogP contribution in [0.3, 0.4) is 0 Å². The molecular weight excluding hydrogens is 410 g/mol. The lowest BCUT2D eigenvalue weighted by Gasteiger charge is -2.23. The summed E-state index contributed by atoms with van der Waals surface area (Å²) in [6.07, 6.45) is -2.19. The van der Waals surface area contributed by atoms with Gasteiger partial charge >= 0.3 is 0 Å². The van der Waals surface area contributed by atoms with E-state index in [1.165, 1.54) is 18.1 Å². The minimum Gasteiger partial charge on any atom is -0.453 e. The third-order valence-corrected chi connectivity index (χ3v) is 5.61. The van der Waals surface area contributed by atoms with Crippen LogP contribution in [-0.2, 0) is 4.84 Å². The van der Waals surface area contributed by atoms with Crippen molar-refractivity contribution in [3.8, 4) is 22.6 Å². The molecule has 31 heavy (non-hydrogen) atoms. The molecule has 1 amide bonds. The minimum absolute atomic E-state index is 0.0573. The van der Waals surface area contributed by atoms with Gasteiger partial charge in [0.25, 0.3) is 12.3 Å². The van der Waals surface area contributed by atoms with E-state index in [4.69, 9.17) is 14.3 Å². The van der Waals surface area contributed by atoms with Crippen molar-refractivity contribution in [2.24, 2.45) is 5.16 Å². The van der Waals surface area contributed by atoms with Crippen LogP contribution in [0, 0.1) is 6.92 Å². The van der Waals surface area contributed by atoms with Crippen molar-refractivity contribution in [2.45, 2.75) is 25.8 Å². The molecule has 2 aromatic rings. The quantitative estimate of drug-likeness (QED) is 0.731. The number of benzene rings is 2. The first-order valence-corrected chi connectivity index (χ1v) is 9.77. The van der Waals surface area contributed by atoms with Crippen LogP contribution in [-0.4, -0.2) is 54.7 Å². The molecule has 1 atom stereocenters. The van der Waals surface area contributed by atoms with Crippen LogP contribution in [0.25, 0.3) is 11.1 Å². The van der Waals surface area contributed by atoms with Gasteiger partial charge in [-0.2, -0.15) is 0 Å². The van der Waals surface area contributed by atoms with Crippen molar-refractivity contribution >= 4 is 11.6 Å². The van der Waals surface area contributed by atoms with Gasteiger partial charge in [0.05, 0.1) is 30.5 Å². The lowest BCUT2D eigenvalue weighted by atomic mass is 9.94. The number of ether oxygens (including phenoxy) is 2. The number of hydrogen-bond acceptors (Lipinski definition) is 6. The van der Waals surface area contributed by atoms with E-state index in [0.29, 0.717) is 34.6 Å². The molecule has 0 spiro atoms. The Labute approximate surface area is 177 Å². The fourth-order valence-electron chi connectivity index (χ4n) is 4.08. The van der Waals surface area contributed by atoms with Crippen LogP contribution in [0.4, 0.5) is 8.78 Å². The summed E-state index contributed by atoms with van der Waals surface area (Å²) in [6.45, 7) is 1.56. The smallest absolute Gasteiger partial charge is 0.264 e. The van der Waals surface area contributed by atoms with E-state index < -0.39 is 12.5 Å². The molecule has 2 aliphatic heterocycles. The Bertz CT molecular complexity index is 1040. The molecule has 164 valence electrons. The van der Waals surface area contributed by atoms with Gasteiger partial charge in [-0.1, -0.05) is 23.4 Å². The highest BCUT2D eigenvalue weighted by atomic mass is 19.3. The molecule has 0 unspecified atom stereocenters. The number of carbonyl (C=O) groups excluding carboxylic acids is 1. The molecular formula is C22H22F2N2O5. The number of alkyl halides is 2. The van der Waals surface area contributed by atoms with Crippen molar-refractivity contribution < 1.29 is 33.0 Å². The number of carbonyl (C=O) groups is 1. The van der Waals surface area contributed by atoms with Gasteiger partial charge < -0.3 is 24.3 Å². The fraction of sp³-hybridized carbons (Fsp3) is 0.364. The number of halogens is 2. The van der Waals surface area contributed by atoms with E-state index in [2.05, 4.69) is 5.16 Å². The Kier molecular flexibility index (Phi) is 5.77. The number of aliphatic hydroxyl groups is 1. The van der Waals surface area contributed by atoms with Crippen molar-refractivity contribution in [2.75, 3.05) is 27.1 Å². The Balaban J connectivity index is 1.74. The van der Waals surface area contributed by atoms with Crippen LogP contribution in [0.5, 0.6) is 11.5 Å². The van der Waals surface area contributed by atoms with Crippen LogP contribution in [0.15, 0.2) is 35.5 Å². The Morgan fingerprint density at radius 2 is 2.03 bits per heavy atom. The molecule has 2 heterocycles. The second kappa shape index (κ2) is 8.50. The number of fused-ring (bicyclic) bond motifs is 1. The first kappa shape index (κ1) is 21.0. The molecule has 2 aromatic carbocycles. The Morgan fingerprint density at radius 1 is 1.26 bits per heavy atom. The highest BCUT2D eigenvalue weighted by Gasteiger charge is 2.36. The summed E-state index contributed by atoms with van der Waals surface area (Å²) < 4.78 is 37.9. The summed E-state index contributed by atoms with van der Waals surface area (Å²) in [6, 6.07) is 7.53. The summed E-state index contributed by atoms with van der Waals surface area (Å²) >= 11 is 0. The number of amides is 1. The van der Waals surface area contributed by atoms with E-state index in [-0.39, 0.29) is 42.7 Å². The maximum absolute atomic E-state index is 13.4. The summed E-state index contributed by atoms with van der Waals surface area (Å²) in [5.41, 5.74) is 2.47. The molecule has 1 saturated heterocycles. The van der Waals surface area contributed by atoms with E-state index in [1.54, 1.807) is 31.2 Å². The predicted molar refractivity (Wildman–Crippen MR) is 109 cm³/mol. The van der Waals surface area contributed by atoms with Gasteiger partial charge in [-0.3, -0.25) is 4.79 Å². The second-order valence-corrected chi connectivity index (χ2v) is 7.36. The van der Waals surface area contributed by atoms with Crippen molar-refractivity contribution in [3.05, 3.63) is 47.0 Å². The first-order chi connectivity index (χ1) is 15.0. The van der Waals surface area contributed by atoms with Gasteiger partial charge in [-0.15, -0.1) is 0 Å². The molecule has 1 fully saturated rings. The average Bonchev–Trinajstić information content (AvgIpc) is 3.40. The van der Waals surface area contributed by atoms with E-state index >= 15 is 0 Å². The third kappa shape index (κ3) is 3.69. The van der Waals surface area contributed by atoms with E-state index in [1.807, 2.05) is 0 Å². The van der Waals surface area contributed by atoms with Crippen molar-refractivity contribution in [1.29, 1.82) is 0 Å². The van der Waals surface area contributed by atoms with Gasteiger partial charge in [0.2, 0.25) is 6.79 Å². The first-order valence-electron chi connectivity index (χ1n) is 9.77. The second-order valence-electron chi connectivity index (χ2n) is 7.36. The van der Waals surface area contributed by atoms with E-state index in [0.717, 1.165) is 0 Å². The zero-order valence-electron chi connectivity index (χ0n) is 17.1. The third-order valence-electron chi connectivity index (χ3n) is 5.61. The number of hydrogen-bond donors (Lipinski definition) is 1. The maximum atomic E-state index is 13.4. The number of likely N-dealkylation sites (tertiary alicyclic amines) is 1. The highest BCUT2D eigenvalue weighted by molar-refractivity contribution is 6.03. The number of aliphatic hydroxyl groups excluding tert-OH is 1. The molecule has 4 rings (SSSR count). The number of nitrogens with zero attached hydrogens (tertiary/aromatic N) is 2. The van der Waals surface area contributed by atoms with Crippen molar-refractivity contribution in [1.82, 2.24) is 4.90 Å². The monoisotopic (exact) mass is 432 g/mol. The predicted octanol–water partition coefficient (Wildman–Crippen LogP) is 3.54. The van der Waals surface area contributed by atoms with Gasteiger partial charge in [0.15, 0.2) is 11.5 Å². The Morgan fingerprint density at radius 3 is 2.74 bits per heavy atom. The Hall–Kier alpha value is -3.20.